The predicted molar refractivity (Wildman–Crippen MR) is 98.0 cm³/mol. The Balaban J connectivity index is 2.33. The Morgan fingerprint density at radius 3 is 2.58 bits per heavy atom. The first-order valence-corrected chi connectivity index (χ1v) is 9.22. The highest BCUT2D eigenvalue weighted by Crippen LogP contribution is 2.18. The van der Waals surface area contributed by atoms with E-state index in [1.54, 1.807) is 0 Å². The maximum Gasteiger partial charge on any atom is 0.407 e. The molecule has 0 heterocycles. The van der Waals surface area contributed by atoms with E-state index in [1.165, 1.54) is 0 Å². The summed E-state index contributed by atoms with van der Waals surface area (Å²) >= 11 is 0. The third-order valence-corrected chi connectivity index (χ3v) is 4.40. The number of ether oxygens (including phenoxy) is 2. The lowest BCUT2D eigenvalue weighted by atomic mass is 10.0. The lowest BCUT2D eigenvalue weighted by Crippen LogP contribution is -2.46. The van der Waals surface area contributed by atoms with Crippen molar-refractivity contribution in [3.05, 3.63) is 12.2 Å². The SMILES string of the molecule is CC(C)(CCOC(C)(C)CCN)NC(=O)OC1CC/C=C/CCC1. The molecule has 1 aliphatic rings. The number of nitrogens with two attached hydrogens (primary N) is 1. The van der Waals surface area contributed by atoms with Gasteiger partial charge in [-0.05, 0) is 79.2 Å². The smallest absolute Gasteiger partial charge is 0.407 e. The van der Waals surface area contributed by atoms with Crippen LogP contribution in [0.25, 0.3) is 0 Å². The second-order valence-corrected chi connectivity index (χ2v) is 7.91. The minimum Gasteiger partial charge on any atom is -0.446 e. The van der Waals surface area contributed by atoms with Gasteiger partial charge >= 0.3 is 6.09 Å². The van der Waals surface area contributed by atoms with Crippen molar-refractivity contribution in [3.8, 4) is 0 Å². The molecule has 0 aliphatic heterocycles. The molecule has 1 atom stereocenters. The molecule has 24 heavy (non-hydrogen) atoms. The van der Waals surface area contributed by atoms with Gasteiger partial charge in [-0.3, -0.25) is 0 Å². The van der Waals surface area contributed by atoms with E-state index in [2.05, 4.69) is 17.5 Å². The van der Waals surface area contributed by atoms with Gasteiger partial charge in [0.25, 0.3) is 0 Å². The van der Waals surface area contributed by atoms with Crippen LogP contribution in [0.15, 0.2) is 12.2 Å². The van der Waals surface area contributed by atoms with Gasteiger partial charge in [-0.1, -0.05) is 12.2 Å². The largest absolute Gasteiger partial charge is 0.446 e. The van der Waals surface area contributed by atoms with Crippen LogP contribution in [0.5, 0.6) is 0 Å². The molecule has 0 bridgehead atoms. The Labute approximate surface area is 147 Å². The molecule has 140 valence electrons. The maximum absolute atomic E-state index is 12.2. The van der Waals surface area contributed by atoms with Crippen LogP contribution in [0.4, 0.5) is 4.79 Å². The Bertz CT molecular complexity index is 405. The van der Waals surface area contributed by atoms with E-state index in [0.717, 1.165) is 44.9 Å². The van der Waals surface area contributed by atoms with Crippen molar-refractivity contribution in [2.45, 2.75) is 89.9 Å². The monoisotopic (exact) mass is 340 g/mol. The summed E-state index contributed by atoms with van der Waals surface area (Å²) in [6.07, 6.45) is 10.6. The number of rotatable bonds is 8. The number of carbonyl (C=O) groups is 1. The fourth-order valence-corrected chi connectivity index (χ4v) is 2.77. The molecule has 3 N–H and O–H groups in total. The summed E-state index contributed by atoms with van der Waals surface area (Å²) in [5, 5.41) is 2.97. The van der Waals surface area contributed by atoms with Gasteiger partial charge in [0.15, 0.2) is 0 Å². The Kier molecular flexibility index (Phi) is 8.78. The van der Waals surface area contributed by atoms with Crippen molar-refractivity contribution >= 4 is 6.09 Å². The average molecular weight is 341 g/mol. The summed E-state index contributed by atoms with van der Waals surface area (Å²) < 4.78 is 11.5. The Hall–Kier alpha value is -1.07. The zero-order valence-corrected chi connectivity index (χ0v) is 15.9. The normalized spacial score (nSPS) is 20.8. The number of nitrogens with one attached hydrogen (secondary N) is 1. The molecule has 0 fully saturated rings. The van der Waals surface area contributed by atoms with Crippen molar-refractivity contribution < 1.29 is 14.3 Å². The molecule has 5 heteroatoms. The molecule has 1 unspecified atom stereocenters. The van der Waals surface area contributed by atoms with Crippen molar-refractivity contribution in [1.82, 2.24) is 5.32 Å². The van der Waals surface area contributed by atoms with E-state index in [9.17, 15) is 4.79 Å². The van der Waals surface area contributed by atoms with E-state index < -0.39 is 0 Å². The molecule has 0 saturated heterocycles. The zero-order chi connectivity index (χ0) is 18.1. The van der Waals surface area contributed by atoms with Gasteiger partial charge in [0.05, 0.1) is 5.60 Å². The number of allylic oxidation sites excluding steroid dienone is 2. The van der Waals surface area contributed by atoms with Crippen LogP contribution < -0.4 is 11.1 Å². The molecule has 0 aromatic carbocycles. The van der Waals surface area contributed by atoms with Gasteiger partial charge in [0, 0.05) is 12.1 Å². The molecule has 5 nitrogen and oxygen atoms in total. The summed E-state index contributed by atoms with van der Waals surface area (Å²) in [5.41, 5.74) is 5.00. The van der Waals surface area contributed by atoms with Crippen LogP contribution in [0.3, 0.4) is 0 Å². The molecule has 0 aromatic rings. The first-order chi connectivity index (χ1) is 11.2. The van der Waals surface area contributed by atoms with Crippen LogP contribution in [0.2, 0.25) is 0 Å². The third-order valence-electron chi connectivity index (χ3n) is 4.40. The summed E-state index contributed by atoms with van der Waals surface area (Å²) in [6.45, 7) is 9.25. The van der Waals surface area contributed by atoms with Crippen LogP contribution >= 0.6 is 0 Å². The van der Waals surface area contributed by atoms with E-state index in [-0.39, 0.29) is 23.3 Å². The van der Waals surface area contributed by atoms with Crippen LogP contribution in [0.1, 0.15) is 72.6 Å². The van der Waals surface area contributed by atoms with Crippen LogP contribution in [-0.4, -0.2) is 36.5 Å². The molecule has 0 aromatic heterocycles. The maximum atomic E-state index is 12.2. The fourth-order valence-electron chi connectivity index (χ4n) is 2.77. The van der Waals surface area contributed by atoms with Crippen molar-refractivity contribution in [2.75, 3.05) is 13.2 Å². The summed E-state index contributed by atoms with van der Waals surface area (Å²) in [6, 6.07) is 0. The van der Waals surface area contributed by atoms with Gasteiger partial charge in [-0.15, -0.1) is 0 Å². The Morgan fingerprint density at radius 1 is 1.17 bits per heavy atom. The first-order valence-electron chi connectivity index (χ1n) is 9.22. The van der Waals surface area contributed by atoms with Gasteiger partial charge in [-0.2, -0.15) is 0 Å². The highest BCUT2D eigenvalue weighted by atomic mass is 16.6. The minimum absolute atomic E-state index is 0.0190. The minimum atomic E-state index is -0.364. The van der Waals surface area contributed by atoms with Gasteiger partial charge in [0.2, 0.25) is 0 Å². The average Bonchev–Trinajstić information content (AvgIpc) is 2.40. The summed E-state index contributed by atoms with van der Waals surface area (Å²) in [7, 11) is 0. The fraction of sp³-hybridized carbons (Fsp3) is 0.842. The number of hydrogen-bond acceptors (Lipinski definition) is 4. The molecule has 0 spiro atoms. The zero-order valence-electron chi connectivity index (χ0n) is 15.9. The third kappa shape index (κ3) is 9.28. The van der Waals surface area contributed by atoms with E-state index >= 15 is 0 Å². The number of hydrogen-bond donors (Lipinski definition) is 2. The molecule has 0 radical (unpaired) electrons. The van der Waals surface area contributed by atoms with Crippen LogP contribution in [-0.2, 0) is 9.47 Å². The summed E-state index contributed by atoms with van der Waals surface area (Å²) in [5.74, 6) is 0. The Morgan fingerprint density at radius 2 is 1.88 bits per heavy atom. The van der Waals surface area contributed by atoms with Crippen molar-refractivity contribution in [1.29, 1.82) is 0 Å². The second kappa shape index (κ2) is 10.0. The van der Waals surface area contributed by atoms with E-state index in [4.69, 9.17) is 15.2 Å². The lowest BCUT2D eigenvalue weighted by Gasteiger charge is -2.30. The van der Waals surface area contributed by atoms with Crippen molar-refractivity contribution in [3.63, 3.8) is 0 Å². The molecule has 0 saturated carbocycles. The highest BCUT2D eigenvalue weighted by molar-refractivity contribution is 5.68. The quantitative estimate of drug-likeness (QED) is 0.657. The van der Waals surface area contributed by atoms with Gasteiger partial charge in [0.1, 0.15) is 6.10 Å². The molecule has 1 aliphatic carbocycles. The van der Waals surface area contributed by atoms with Gasteiger partial charge in [-0.25, -0.2) is 4.79 Å². The number of carbonyl (C=O) groups excluding carboxylic acids is 1. The van der Waals surface area contributed by atoms with Gasteiger partial charge < -0.3 is 20.5 Å². The topological polar surface area (TPSA) is 73.6 Å². The lowest BCUT2D eigenvalue weighted by molar-refractivity contribution is -0.0292. The van der Waals surface area contributed by atoms with E-state index in [0.29, 0.717) is 13.2 Å². The number of alkyl carbamates (subject to hydrolysis) is 1. The molecule has 1 rings (SSSR count). The molecule has 1 amide bonds. The highest BCUT2D eigenvalue weighted by Gasteiger charge is 2.25. The second-order valence-electron chi connectivity index (χ2n) is 7.91. The standard InChI is InChI=1S/C19H36N2O3/c1-18(2,13-15-23-19(3,4)12-14-20)21-17(22)24-16-10-8-6-5-7-9-11-16/h5-6,16H,7-15,20H2,1-4H3,(H,21,22)/b6-5+. The van der Waals surface area contributed by atoms with Crippen LogP contribution in [0, 0.1) is 0 Å². The summed E-state index contributed by atoms with van der Waals surface area (Å²) in [4.78, 5) is 12.2. The number of amides is 1. The predicted octanol–water partition coefficient (Wildman–Crippen LogP) is 3.91. The van der Waals surface area contributed by atoms with E-state index in [1.807, 2.05) is 27.7 Å². The van der Waals surface area contributed by atoms with Crippen molar-refractivity contribution in [2.24, 2.45) is 5.73 Å². The molecular weight excluding hydrogens is 304 g/mol. The molecular formula is C19H36N2O3. The first kappa shape index (κ1) is 21.0.